The Kier molecular flexibility index (Phi) is 5.88. The van der Waals surface area contributed by atoms with Crippen LogP contribution in [-0.4, -0.2) is 23.0 Å². The molecular weight excluding hydrogens is 252 g/mol. The average molecular weight is 271 g/mol. The number of nitrogens with zero attached hydrogens (tertiary/aromatic N) is 2. The average Bonchev–Trinajstić information content (AvgIpc) is 2.22. The molecule has 0 bridgehead atoms. The first-order valence-electron chi connectivity index (χ1n) is 5.59. The fraction of sp³-hybridized carbons (Fsp3) is 0.583. The Hall–Kier alpha value is -0.410. The Morgan fingerprint density at radius 1 is 1.20 bits per heavy atom. The zero-order valence-corrected chi connectivity index (χ0v) is 11.1. The van der Waals surface area contributed by atoms with Gasteiger partial charge in [-0.1, -0.05) is 13.8 Å². The van der Waals surface area contributed by atoms with Crippen molar-refractivity contribution in [2.45, 2.75) is 33.2 Å². The molecule has 1 rings (SSSR count). The molecule has 1 aromatic rings. The van der Waals surface area contributed by atoms with E-state index in [1.807, 2.05) is 6.20 Å². The van der Waals surface area contributed by atoms with Crippen LogP contribution in [-0.2, 0) is 6.54 Å². The van der Waals surface area contributed by atoms with E-state index in [0.29, 0.717) is 0 Å². The zero-order valence-electron chi connectivity index (χ0n) is 9.54. The monoisotopic (exact) mass is 270 g/mol. The van der Waals surface area contributed by atoms with Crippen molar-refractivity contribution in [1.29, 1.82) is 0 Å². The van der Waals surface area contributed by atoms with E-state index in [2.05, 4.69) is 51.8 Å². The Morgan fingerprint density at radius 3 is 2.33 bits per heavy atom. The van der Waals surface area contributed by atoms with Gasteiger partial charge < -0.3 is 0 Å². The molecule has 0 saturated heterocycles. The molecule has 0 aromatic carbocycles. The Morgan fingerprint density at radius 2 is 1.87 bits per heavy atom. The quantitative estimate of drug-likeness (QED) is 0.787. The van der Waals surface area contributed by atoms with E-state index in [4.69, 9.17) is 0 Å². The largest absolute Gasteiger partial charge is 0.298 e. The molecule has 0 spiro atoms. The van der Waals surface area contributed by atoms with Crippen LogP contribution >= 0.6 is 15.9 Å². The van der Waals surface area contributed by atoms with Gasteiger partial charge in [0.05, 0.1) is 5.69 Å². The van der Waals surface area contributed by atoms with Gasteiger partial charge in [0.1, 0.15) is 0 Å². The van der Waals surface area contributed by atoms with Crippen LogP contribution in [0.1, 0.15) is 32.4 Å². The predicted octanol–water partition coefficient (Wildman–Crippen LogP) is 3.47. The third kappa shape index (κ3) is 4.76. The predicted molar refractivity (Wildman–Crippen MR) is 67.8 cm³/mol. The van der Waals surface area contributed by atoms with Crippen LogP contribution in [0.15, 0.2) is 22.8 Å². The van der Waals surface area contributed by atoms with E-state index in [1.165, 1.54) is 12.8 Å². The standard InChI is InChI=1S/C12H19BrN2/c1-3-7-15(8-4-2)10-12-6-5-11(13)9-14-12/h5-6,9H,3-4,7-8,10H2,1-2H3. The summed E-state index contributed by atoms with van der Waals surface area (Å²) in [6.45, 7) is 7.72. The van der Waals surface area contributed by atoms with Crippen molar-refractivity contribution in [2.75, 3.05) is 13.1 Å². The van der Waals surface area contributed by atoms with E-state index in [1.54, 1.807) is 0 Å². The molecule has 0 atom stereocenters. The number of rotatable bonds is 6. The molecule has 3 heteroatoms. The lowest BCUT2D eigenvalue weighted by molar-refractivity contribution is 0.263. The lowest BCUT2D eigenvalue weighted by Gasteiger charge is -2.20. The van der Waals surface area contributed by atoms with Crippen LogP contribution in [0.25, 0.3) is 0 Å². The Bertz CT molecular complexity index is 265. The first-order valence-corrected chi connectivity index (χ1v) is 6.38. The summed E-state index contributed by atoms with van der Waals surface area (Å²) in [6, 6.07) is 4.14. The van der Waals surface area contributed by atoms with Gasteiger partial charge in [0.25, 0.3) is 0 Å². The number of halogens is 1. The highest BCUT2D eigenvalue weighted by Gasteiger charge is 2.04. The Labute approximate surface area is 101 Å². The molecule has 0 aliphatic carbocycles. The molecule has 0 unspecified atom stereocenters. The molecule has 1 aromatic heterocycles. The fourth-order valence-electron chi connectivity index (χ4n) is 1.63. The smallest absolute Gasteiger partial charge is 0.0544 e. The van der Waals surface area contributed by atoms with Crippen LogP contribution < -0.4 is 0 Å². The molecule has 0 saturated carbocycles. The minimum atomic E-state index is 0.967. The number of hydrogen-bond acceptors (Lipinski definition) is 2. The summed E-state index contributed by atoms with van der Waals surface area (Å²) < 4.78 is 1.05. The molecule has 15 heavy (non-hydrogen) atoms. The third-order valence-corrected chi connectivity index (χ3v) is 2.72. The molecule has 0 fully saturated rings. The van der Waals surface area contributed by atoms with Gasteiger partial charge in [0.2, 0.25) is 0 Å². The molecular formula is C12H19BrN2. The molecule has 0 aliphatic rings. The second-order valence-corrected chi connectivity index (χ2v) is 4.66. The van der Waals surface area contributed by atoms with E-state index < -0.39 is 0 Å². The lowest BCUT2D eigenvalue weighted by atomic mass is 10.3. The molecule has 1 heterocycles. The van der Waals surface area contributed by atoms with E-state index in [9.17, 15) is 0 Å². The van der Waals surface area contributed by atoms with E-state index in [-0.39, 0.29) is 0 Å². The van der Waals surface area contributed by atoms with Gasteiger partial charge in [-0.05, 0) is 54.0 Å². The molecule has 0 amide bonds. The van der Waals surface area contributed by atoms with E-state index in [0.717, 1.165) is 29.8 Å². The first kappa shape index (κ1) is 12.7. The van der Waals surface area contributed by atoms with Crippen LogP contribution in [0.4, 0.5) is 0 Å². The number of hydrogen-bond donors (Lipinski definition) is 0. The minimum Gasteiger partial charge on any atom is -0.298 e. The van der Waals surface area contributed by atoms with Crippen LogP contribution in [0, 0.1) is 0 Å². The van der Waals surface area contributed by atoms with Crippen molar-refractivity contribution in [1.82, 2.24) is 9.88 Å². The summed E-state index contributed by atoms with van der Waals surface area (Å²) in [4.78, 5) is 6.85. The molecule has 0 radical (unpaired) electrons. The fourth-order valence-corrected chi connectivity index (χ4v) is 1.87. The lowest BCUT2D eigenvalue weighted by Crippen LogP contribution is -2.25. The van der Waals surface area contributed by atoms with Crippen molar-refractivity contribution >= 4 is 15.9 Å². The first-order chi connectivity index (χ1) is 7.26. The van der Waals surface area contributed by atoms with Crippen LogP contribution in [0.2, 0.25) is 0 Å². The summed E-state index contributed by atoms with van der Waals surface area (Å²) in [6.07, 6.45) is 4.28. The minimum absolute atomic E-state index is 0.967. The number of aromatic nitrogens is 1. The van der Waals surface area contributed by atoms with Crippen molar-refractivity contribution in [3.05, 3.63) is 28.5 Å². The zero-order chi connectivity index (χ0) is 11.1. The maximum absolute atomic E-state index is 4.39. The summed E-state index contributed by atoms with van der Waals surface area (Å²) in [5.74, 6) is 0. The van der Waals surface area contributed by atoms with Crippen molar-refractivity contribution < 1.29 is 0 Å². The van der Waals surface area contributed by atoms with Gasteiger partial charge in [-0.3, -0.25) is 9.88 Å². The molecule has 84 valence electrons. The summed E-state index contributed by atoms with van der Waals surface area (Å²) in [5, 5.41) is 0. The van der Waals surface area contributed by atoms with Crippen molar-refractivity contribution in [2.24, 2.45) is 0 Å². The highest BCUT2D eigenvalue weighted by molar-refractivity contribution is 9.10. The highest BCUT2D eigenvalue weighted by atomic mass is 79.9. The van der Waals surface area contributed by atoms with Gasteiger partial charge in [0.15, 0.2) is 0 Å². The Balaban J connectivity index is 2.53. The van der Waals surface area contributed by atoms with Gasteiger partial charge in [-0.25, -0.2) is 0 Å². The van der Waals surface area contributed by atoms with Crippen molar-refractivity contribution in [3.63, 3.8) is 0 Å². The summed E-state index contributed by atoms with van der Waals surface area (Å²) in [7, 11) is 0. The second kappa shape index (κ2) is 6.96. The van der Waals surface area contributed by atoms with Crippen molar-refractivity contribution in [3.8, 4) is 0 Å². The highest BCUT2D eigenvalue weighted by Crippen LogP contribution is 2.09. The normalized spacial score (nSPS) is 10.9. The summed E-state index contributed by atoms with van der Waals surface area (Å²) in [5.41, 5.74) is 1.15. The topological polar surface area (TPSA) is 16.1 Å². The molecule has 2 nitrogen and oxygen atoms in total. The molecule has 0 aliphatic heterocycles. The van der Waals surface area contributed by atoms with Gasteiger partial charge in [-0.2, -0.15) is 0 Å². The summed E-state index contributed by atoms with van der Waals surface area (Å²) >= 11 is 3.40. The SMILES string of the molecule is CCCN(CCC)Cc1ccc(Br)cn1. The van der Waals surface area contributed by atoms with E-state index >= 15 is 0 Å². The van der Waals surface area contributed by atoms with Crippen LogP contribution in [0.5, 0.6) is 0 Å². The number of pyridine rings is 1. The molecule has 0 N–H and O–H groups in total. The van der Waals surface area contributed by atoms with Gasteiger partial charge in [-0.15, -0.1) is 0 Å². The third-order valence-electron chi connectivity index (χ3n) is 2.25. The maximum atomic E-state index is 4.39. The maximum Gasteiger partial charge on any atom is 0.0544 e. The van der Waals surface area contributed by atoms with Gasteiger partial charge >= 0.3 is 0 Å². The van der Waals surface area contributed by atoms with Gasteiger partial charge in [0, 0.05) is 17.2 Å². The van der Waals surface area contributed by atoms with Crippen LogP contribution in [0.3, 0.4) is 0 Å². The second-order valence-electron chi connectivity index (χ2n) is 3.74.